The van der Waals surface area contributed by atoms with Gasteiger partial charge in [-0.1, -0.05) is 30.3 Å². The summed E-state index contributed by atoms with van der Waals surface area (Å²) >= 11 is 0. The first-order valence-electron chi connectivity index (χ1n) is 10.1. The van der Waals surface area contributed by atoms with Crippen molar-refractivity contribution in [3.8, 4) is 0 Å². The smallest absolute Gasteiger partial charge is 0.332 e. The Labute approximate surface area is 169 Å². The molecule has 4 rings (SSSR count). The van der Waals surface area contributed by atoms with Crippen molar-refractivity contribution >= 4 is 17.1 Å². The number of anilines is 1. The molecule has 0 aliphatic carbocycles. The van der Waals surface area contributed by atoms with Gasteiger partial charge in [-0.3, -0.25) is 18.5 Å². The molecule has 2 N–H and O–H groups in total. The van der Waals surface area contributed by atoms with Crippen LogP contribution >= 0.6 is 0 Å². The molecular weight excluding hydrogens is 368 g/mol. The van der Waals surface area contributed by atoms with E-state index in [9.17, 15) is 9.59 Å². The zero-order valence-electron chi connectivity index (χ0n) is 17.2. The number of hydrogen-bond donors (Lipinski definition) is 1. The van der Waals surface area contributed by atoms with E-state index in [-0.39, 0.29) is 23.3 Å². The number of imidazole rings is 1. The van der Waals surface area contributed by atoms with Gasteiger partial charge in [0.05, 0.1) is 6.54 Å². The minimum Gasteiger partial charge on any atom is -0.341 e. The van der Waals surface area contributed by atoms with Gasteiger partial charge in [-0.2, -0.15) is 4.98 Å². The second-order valence-corrected chi connectivity index (χ2v) is 8.11. The van der Waals surface area contributed by atoms with Crippen molar-refractivity contribution in [1.82, 2.24) is 18.7 Å². The topological polar surface area (TPSA) is 91.1 Å². The zero-order valence-corrected chi connectivity index (χ0v) is 17.2. The molecule has 1 aromatic carbocycles. The highest BCUT2D eigenvalue weighted by molar-refractivity contribution is 5.75. The standard InChI is InChI=1S/C21H28N6O2/c1-14(2)27-18-17(19(28)24(3)21(27)29)26(12-15-8-5-4-6-9-15)20(23-18)25-11-7-10-16(22)13-25/h4-6,8-9,14,16H,7,10-13,22H2,1-3H3. The Kier molecular flexibility index (Phi) is 5.04. The lowest BCUT2D eigenvalue weighted by Crippen LogP contribution is -2.44. The summed E-state index contributed by atoms with van der Waals surface area (Å²) in [5.41, 5.74) is 7.52. The largest absolute Gasteiger partial charge is 0.341 e. The van der Waals surface area contributed by atoms with E-state index in [1.54, 1.807) is 4.57 Å². The first-order valence-corrected chi connectivity index (χ1v) is 10.1. The van der Waals surface area contributed by atoms with E-state index in [1.165, 1.54) is 11.6 Å². The molecule has 1 saturated heterocycles. The van der Waals surface area contributed by atoms with E-state index >= 15 is 0 Å². The summed E-state index contributed by atoms with van der Waals surface area (Å²) < 4.78 is 4.73. The Morgan fingerprint density at radius 3 is 2.59 bits per heavy atom. The molecule has 29 heavy (non-hydrogen) atoms. The normalized spacial score (nSPS) is 17.4. The number of rotatable bonds is 4. The quantitative estimate of drug-likeness (QED) is 0.721. The fourth-order valence-corrected chi connectivity index (χ4v) is 4.12. The fraction of sp³-hybridized carbons (Fsp3) is 0.476. The lowest BCUT2D eigenvalue weighted by atomic mass is 10.1. The summed E-state index contributed by atoms with van der Waals surface area (Å²) in [7, 11) is 1.53. The van der Waals surface area contributed by atoms with E-state index in [0.29, 0.717) is 30.2 Å². The SMILES string of the molecule is CC(C)n1c(=O)n(C)c(=O)c2c1nc(N1CCCC(N)C1)n2Cc1ccccc1. The summed E-state index contributed by atoms with van der Waals surface area (Å²) in [6.45, 7) is 5.88. The van der Waals surface area contributed by atoms with Gasteiger partial charge in [0.15, 0.2) is 11.2 Å². The van der Waals surface area contributed by atoms with Crippen molar-refractivity contribution in [2.75, 3.05) is 18.0 Å². The Balaban J connectivity index is 2.01. The van der Waals surface area contributed by atoms with Crippen LogP contribution in [-0.4, -0.2) is 37.8 Å². The van der Waals surface area contributed by atoms with Gasteiger partial charge in [0, 0.05) is 32.2 Å². The van der Waals surface area contributed by atoms with Gasteiger partial charge >= 0.3 is 5.69 Å². The van der Waals surface area contributed by atoms with Crippen LogP contribution in [0.5, 0.6) is 0 Å². The lowest BCUT2D eigenvalue weighted by molar-refractivity contribution is 0.495. The van der Waals surface area contributed by atoms with Gasteiger partial charge in [0.2, 0.25) is 5.95 Å². The maximum Gasteiger partial charge on any atom is 0.332 e. The molecule has 8 nitrogen and oxygen atoms in total. The third-order valence-corrected chi connectivity index (χ3v) is 5.60. The van der Waals surface area contributed by atoms with E-state index in [2.05, 4.69) is 4.90 Å². The lowest BCUT2D eigenvalue weighted by Gasteiger charge is -2.31. The van der Waals surface area contributed by atoms with Gasteiger partial charge in [-0.15, -0.1) is 0 Å². The van der Waals surface area contributed by atoms with Crippen LogP contribution < -0.4 is 21.9 Å². The molecule has 0 spiro atoms. The molecule has 0 amide bonds. The minimum atomic E-state index is -0.344. The van der Waals surface area contributed by atoms with Crippen LogP contribution in [0.4, 0.5) is 5.95 Å². The highest BCUT2D eigenvalue weighted by atomic mass is 16.2. The Morgan fingerprint density at radius 1 is 1.21 bits per heavy atom. The number of nitrogens with two attached hydrogens (primary N) is 1. The van der Waals surface area contributed by atoms with Gasteiger partial charge < -0.3 is 10.6 Å². The molecule has 1 atom stereocenters. The number of aromatic nitrogens is 4. The maximum atomic E-state index is 13.1. The summed E-state index contributed by atoms with van der Waals surface area (Å²) in [6.07, 6.45) is 1.96. The molecule has 8 heteroatoms. The van der Waals surface area contributed by atoms with Crippen molar-refractivity contribution in [1.29, 1.82) is 0 Å². The fourth-order valence-electron chi connectivity index (χ4n) is 4.12. The predicted octanol–water partition coefficient (Wildman–Crippen LogP) is 1.45. The van der Waals surface area contributed by atoms with Crippen LogP contribution in [0.1, 0.15) is 38.3 Å². The predicted molar refractivity (Wildman–Crippen MR) is 115 cm³/mol. The first kappa shape index (κ1) is 19.4. The summed E-state index contributed by atoms with van der Waals surface area (Å²) in [4.78, 5) is 32.9. The first-order chi connectivity index (χ1) is 13.9. The van der Waals surface area contributed by atoms with Crippen LogP contribution in [0.25, 0.3) is 11.2 Å². The van der Waals surface area contributed by atoms with Crippen molar-refractivity contribution in [2.45, 2.75) is 45.3 Å². The summed E-state index contributed by atoms with van der Waals surface area (Å²) in [6, 6.07) is 9.94. The number of nitrogens with zero attached hydrogens (tertiary/aromatic N) is 5. The second kappa shape index (κ2) is 7.51. The average Bonchev–Trinajstić information content (AvgIpc) is 3.05. The van der Waals surface area contributed by atoms with Crippen molar-refractivity contribution < 1.29 is 0 Å². The monoisotopic (exact) mass is 396 g/mol. The van der Waals surface area contributed by atoms with Crippen molar-refractivity contribution in [3.05, 3.63) is 56.7 Å². The van der Waals surface area contributed by atoms with Gasteiger partial charge in [-0.25, -0.2) is 4.79 Å². The molecule has 1 unspecified atom stereocenters. The zero-order chi connectivity index (χ0) is 20.7. The molecule has 2 aromatic heterocycles. The number of benzene rings is 1. The van der Waals surface area contributed by atoms with Gasteiger partial charge in [0.1, 0.15) is 0 Å². The van der Waals surface area contributed by atoms with E-state index in [4.69, 9.17) is 10.7 Å². The maximum absolute atomic E-state index is 13.1. The van der Waals surface area contributed by atoms with E-state index < -0.39 is 0 Å². The Bertz CT molecular complexity index is 1140. The van der Waals surface area contributed by atoms with E-state index in [1.807, 2.05) is 48.7 Å². The van der Waals surface area contributed by atoms with Gasteiger partial charge in [-0.05, 0) is 32.3 Å². The molecule has 3 aromatic rings. The third-order valence-electron chi connectivity index (χ3n) is 5.60. The van der Waals surface area contributed by atoms with Crippen molar-refractivity contribution in [2.24, 2.45) is 12.8 Å². The number of piperidine rings is 1. The van der Waals surface area contributed by atoms with Crippen LogP contribution in [0.2, 0.25) is 0 Å². The average molecular weight is 396 g/mol. The summed E-state index contributed by atoms with van der Waals surface area (Å²) in [5.74, 6) is 0.705. The number of hydrogen-bond acceptors (Lipinski definition) is 5. The van der Waals surface area contributed by atoms with Crippen LogP contribution in [0.15, 0.2) is 39.9 Å². The molecule has 1 aliphatic heterocycles. The molecule has 154 valence electrons. The molecule has 3 heterocycles. The van der Waals surface area contributed by atoms with E-state index in [0.717, 1.165) is 24.9 Å². The molecule has 0 bridgehead atoms. The summed E-state index contributed by atoms with van der Waals surface area (Å²) in [5, 5.41) is 0. The molecule has 0 saturated carbocycles. The van der Waals surface area contributed by atoms with Crippen LogP contribution in [-0.2, 0) is 13.6 Å². The van der Waals surface area contributed by atoms with Gasteiger partial charge in [0.25, 0.3) is 5.56 Å². The second-order valence-electron chi connectivity index (χ2n) is 8.11. The van der Waals surface area contributed by atoms with Crippen molar-refractivity contribution in [3.63, 3.8) is 0 Å². The molecule has 1 aliphatic rings. The number of fused-ring (bicyclic) bond motifs is 1. The van der Waals surface area contributed by atoms with Crippen LogP contribution in [0, 0.1) is 0 Å². The third kappa shape index (κ3) is 3.37. The Morgan fingerprint density at radius 2 is 1.93 bits per heavy atom. The van der Waals surface area contributed by atoms with Crippen LogP contribution in [0.3, 0.4) is 0 Å². The molecular formula is C21H28N6O2. The Hall–Kier alpha value is -2.87. The molecule has 1 fully saturated rings. The highest BCUT2D eigenvalue weighted by Crippen LogP contribution is 2.25. The highest BCUT2D eigenvalue weighted by Gasteiger charge is 2.27. The minimum absolute atomic E-state index is 0.0730. The molecule has 0 radical (unpaired) electrons.